The minimum atomic E-state index is -6.03. The summed E-state index contributed by atoms with van der Waals surface area (Å²) < 4.78 is 79.2. The summed E-state index contributed by atoms with van der Waals surface area (Å²) in [5, 5.41) is 0.463. The summed E-state index contributed by atoms with van der Waals surface area (Å²) in [5.41, 5.74) is -6.45. The fourth-order valence-corrected chi connectivity index (χ4v) is 3.74. The third-order valence-electron chi connectivity index (χ3n) is 4.01. The van der Waals surface area contributed by atoms with Gasteiger partial charge in [0.25, 0.3) is 0 Å². The average Bonchev–Trinajstić information content (AvgIpc) is 2.58. The van der Waals surface area contributed by atoms with Gasteiger partial charge in [0.05, 0.1) is 12.2 Å². The van der Waals surface area contributed by atoms with Gasteiger partial charge in [-0.3, -0.25) is 0 Å². The maximum Gasteiger partial charge on any atom is 0.534 e. The van der Waals surface area contributed by atoms with Crippen molar-refractivity contribution in [2.45, 2.75) is 51.8 Å². The Morgan fingerprint density at radius 2 is 1.77 bits per heavy atom. The molecule has 1 unspecified atom stereocenters. The van der Waals surface area contributed by atoms with Gasteiger partial charge in [-0.1, -0.05) is 22.0 Å². The number of hydrogen-bond donors (Lipinski definition) is 0. The zero-order chi connectivity index (χ0) is 23.8. The standard InChI is InChI=1S/C20H22BrF3O6S/c1-6-28-18(25)17(29-19(3,4)5)15-11(2)9-12-10-13(21)7-8-14(12)16(15)30-31(26,27)20(22,23)24/h7-10,17H,6H2,1-5H3. The summed E-state index contributed by atoms with van der Waals surface area (Å²) in [4.78, 5) is 12.7. The van der Waals surface area contributed by atoms with E-state index in [1.807, 2.05) is 0 Å². The van der Waals surface area contributed by atoms with Crippen LogP contribution in [0.3, 0.4) is 0 Å². The predicted molar refractivity (Wildman–Crippen MR) is 112 cm³/mol. The van der Waals surface area contributed by atoms with E-state index in [2.05, 4.69) is 20.1 Å². The Labute approximate surface area is 186 Å². The van der Waals surface area contributed by atoms with Crippen molar-refractivity contribution in [2.24, 2.45) is 0 Å². The molecule has 0 aliphatic carbocycles. The molecular formula is C20H22BrF3O6S. The molecule has 0 radical (unpaired) electrons. The number of hydrogen-bond acceptors (Lipinski definition) is 6. The van der Waals surface area contributed by atoms with Gasteiger partial charge >= 0.3 is 21.6 Å². The van der Waals surface area contributed by atoms with Gasteiger partial charge in [-0.25, -0.2) is 4.79 Å². The molecule has 0 saturated carbocycles. The van der Waals surface area contributed by atoms with E-state index in [-0.39, 0.29) is 17.6 Å². The van der Waals surface area contributed by atoms with Crippen LogP contribution in [0.1, 0.15) is 44.9 Å². The van der Waals surface area contributed by atoms with Crippen LogP contribution in [0.25, 0.3) is 10.8 Å². The maximum absolute atomic E-state index is 13.1. The highest BCUT2D eigenvalue weighted by atomic mass is 79.9. The number of aryl methyl sites for hydroxylation is 1. The molecule has 0 saturated heterocycles. The molecule has 0 N–H and O–H groups in total. The minimum absolute atomic E-state index is 0.0144. The van der Waals surface area contributed by atoms with Crippen LogP contribution in [0.2, 0.25) is 0 Å². The fourth-order valence-electron chi connectivity index (χ4n) is 2.86. The molecule has 172 valence electrons. The van der Waals surface area contributed by atoms with Crippen molar-refractivity contribution >= 4 is 42.8 Å². The van der Waals surface area contributed by atoms with Crippen molar-refractivity contribution < 1.29 is 40.0 Å². The number of alkyl halides is 3. The summed E-state index contributed by atoms with van der Waals surface area (Å²) in [6.45, 7) is 7.97. The van der Waals surface area contributed by atoms with Gasteiger partial charge < -0.3 is 13.7 Å². The lowest BCUT2D eigenvalue weighted by atomic mass is 9.96. The lowest BCUT2D eigenvalue weighted by molar-refractivity contribution is -0.167. The second-order valence-electron chi connectivity index (χ2n) is 7.65. The molecule has 0 spiro atoms. The maximum atomic E-state index is 13.1. The first kappa shape index (κ1) is 25.4. The van der Waals surface area contributed by atoms with Gasteiger partial charge in [0.15, 0.2) is 11.9 Å². The van der Waals surface area contributed by atoms with Crippen LogP contribution >= 0.6 is 15.9 Å². The van der Waals surface area contributed by atoms with E-state index < -0.39 is 39.1 Å². The first-order chi connectivity index (χ1) is 14.1. The second-order valence-corrected chi connectivity index (χ2v) is 10.1. The Balaban J connectivity index is 2.89. The van der Waals surface area contributed by atoms with Gasteiger partial charge in [0.1, 0.15) is 0 Å². The Hall–Kier alpha value is -1.85. The average molecular weight is 527 g/mol. The lowest BCUT2D eigenvalue weighted by Gasteiger charge is -2.29. The van der Waals surface area contributed by atoms with Crippen LogP contribution in [0.15, 0.2) is 28.7 Å². The molecule has 0 aliphatic rings. The molecule has 2 rings (SSSR count). The normalized spacial score (nSPS) is 13.8. The number of fused-ring (bicyclic) bond motifs is 1. The second kappa shape index (κ2) is 8.95. The third-order valence-corrected chi connectivity index (χ3v) is 5.46. The van der Waals surface area contributed by atoms with Gasteiger partial charge in [-0.05, 0) is 63.8 Å². The number of carbonyl (C=O) groups excluding carboxylic acids is 1. The van der Waals surface area contributed by atoms with Crippen LogP contribution in [-0.2, 0) is 24.4 Å². The summed E-state index contributed by atoms with van der Waals surface area (Å²) in [6, 6.07) is 6.09. The molecule has 0 aromatic heterocycles. The molecule has 0 bridgehead atoms. The van der Waals surface area contributed by atoms with Gasteiger partial charge in [0.2, 0.25) is 0 Å². The van der Waals surface area contributed by atoms with Crippen molar-refractivity contribution in [2.75, 3.05) is 6.61 Å². The number of ether oxygens (including phenoxy) is 2. The summed E-state index contributed by atoms with van der Waals surface area (Å²) in [6.07, 6.45) is -1.52. The summed E-state index contributed by atoms with van der Waals surface area (Å²) >= 11 is 3.27. The van der Waals surface area contributed by atoms with E-state index in [9.17, 15) is 26.4 Å². The van der Waals surface area contributed by atoms with Gasteiger partial charge in [-0.15, -0.1) is 0 Å². The zero-order valence-electron chi connectivity index (χ0n) is 17.5. The molecule has 0 heterocycles. The van der Waals surface area contributed by atoms with Crippen molar-refractivity contribution in [1.29, 1.82) is 0 Å². The molecule has 1 atom stereocenters. The molecule has 0 aliphatic heterocycles. The smallest absolute Gasteiger partial charge is 0.464 e. The predicted octanol–water partition coefficient (Wildman–Crippen LogP) is 5.56. The number of benzene rings is 2. The monoisotopic (exact) mass is 526 g/mol. The molecule has 0 fully saturated rings. The molecule has 2 aromatic rings. The number of esters is 1. The van der Waals surface area contributed by atoms with Gasteiger partial charge in [-0.2, -0.15) is 21.6 Å². The van der Waals surface area contributed by atoms with Crippen molar-refractivity contribution in [1.82, 2.24) is 0 Å². The Morgan fingerprint density at radius 1 is 1.16 bits per heavy atom. The van der Waals surface area contributed by atoms with Crippen LogP contribution in [0.5, 0.6) is 5.75 Å². The van der Waals surface area contributed by atoms with Crippen LogP contribution in [0, 0.1) is 6.92 Å². The topological polar surface area (TPSA) is 78.9 Å². The number of carbonyl (C=O) groups is 1. The fraction of sp³-hybridized carbons (Fsp3) is 0.450. The number of halogens is 4. The van der Waals surface area contributed by atoms with E-state index in [1.165, 1.54) is 19.1 Å². The molecule has 31 heavy (non-hydrogen) atoms. The lowest BCUT2D eigenvalue weighted by Crippen LogP contribution is -2.31. The van der Waals surface area contributed by atoms with E-state index in [4.69, 9.17) is 9.47 Å². The van der Waals surface area contributed by atoms with Gasteiger partial charge in [0, 0.05) is 15.4 Å². The van der Waals surface area contributed by atoms with Crippen molar-refractivity contribution in [3.8, 4) is 5.75 Å². The molecule has 6 nitrogen and oxygen atoms in total. The quantitative estimate of drug-likeness (QED) is 0.278. The Morgan fingerprint density at radius 3 is 2.29 bits per heavy atom. The molecule has 11 heteroatoms. The minimum Gasteiger partial charge on any atom is -0.464 e. The van der Waals surface area contributed by atoms with Crippen molar-refractivity contribution in [3.05, 3.63) is 39.9 Å². The van der Waals surface area contributed by atoms with E-state index in [0.717, 1.165) is 0 Å². The first-order valence-corrected chi connectivity index (χ1v) is 11.4. The van der Waals surface area contributed by atoms with E-state index in [1.54, 1.807) is 39.8 Å². The largest absolute Gasteiger partial charge is 0.534 e. The van der Waals surface area contributed by atoms with Crippen LogP contribution < -0.4 is 4.18 Å². The molecular weight excluding hydrogens is 505 g/mol. The first-order valence-electron chi connectivity index (χ1n) is 9.15. The van der Waals surface area contributed by atoms with Crippen LogP contribution in [-0.4, -0.2) is 32.1 Å². The zero-order valence-corrected chi connectivity index (χ0v) is 19.9. The SMILES string of the molecule is CCOC(=O)C(OC(C)(C)C)c1c(C)cc2cc(Br)ccc2c1OS(=O)(=O)C(F)(F)F. The third kappa shape index (κ3) is 5.89. The number of rotatable bonds is 6. The molecule has 2 aromatic carbocycles. The summed E-state index contributed by atoms with van der Waals surface area (Å²) in [5.74, 6) is -1.52. The molecule has 0 amide bonds. The summed E-state index contributed by atoms with van der Waals surface area (Å²) in [7, 11) is -6.03. The van der Waals surface area contributed by atoms with E-state index in [0.29, 0.717) is 15.4 Å². The Bertz CT molecular complexity index is 1090. The van der Waals surface area contributed by atoms with E-state index >= 15 is 0 Å². The highest BCUT2D eigenvalue weighted by Gasteiger charge is 2.49. The van der Waals surface area contributed by atoms with Crippen LogP contribution in [0.4, 0.5) is 13.2 Å². The van der Waals surface area contributed by atoms with Crippen molar-refractivity contribution in [3.63, 3.8) is 0 Å². The highest BCUT2D eigenvalue weighted by molar-refractivity contribution is 9.10. The Kier molecular flexibility index (Phi) is 7.34. The highest BCUT2D eigenvalue weighted by Crippen LogP contribution is 2.42.